The Morgan fingerprint density at radius 3 is 2.59 bits per heavy atom. The Bertz CT molecular complexity index is 865. The molecule has 2 heterocycles. The van der Waals surface area contributed by atoms with E-state index >= 15 is 0 Å². The smallest absolute Gasteiger partial charge is 0.125 e. The van der Waals surface area contributed by atoms with Gasteiger partial charge in [0, 0.05) is 37.1 Å². The van der Waals surface area contributed by atoms with Crippen LogP contribution in [0.1, 0.15) is 5.56 Å². The molecule has 0 fully saturated rings. The topological polar surface area (TPSA) is 46.3 Å². The van der Waals surface area contributed by atoms with Crippen LogP contribution in [-0.2, 0) is 6.54 Å². The molecule has 5 nitrogen and oxygen atoms in total. The number of anilines is 1. The zero-order valence-electron chi connectivity index (χ0n) is 12.3. The molecular formula is C17H15N5. The zero-order chi connectivity index (χ0) is 15.1. The molecule has 0 aliphatic carbocycles. The highest BCUT2D eigenvalue weighted by Crippen LogP contribution is 2.40. The predicted molar refractivity (Wildman–Crippen MR) is 87.9 cm³/mol. The fourth-order valence-electron chi connectivity index (χ4n) is 3.03. The van der Waals surface area contributed by atoms with Crippen LogP contribution in [0.2, 0.25) is 0 Å². The van der Waals surface area contributed by atoms with E-state index in [9.17, 15) is 0 Å². The van der Waals surface area contributed by atoms with E-state index in [1.54, 1.807) is 0 Å². The largest absolute Gasteiger partial charge is 0.370 e. The molecule has 0 spiro atoms. The lowest BCUT2D eigenvalue weighted by molar-refractivity contribution is 0.704. The molecule has 22 heavy (non-hydrogen) atoms. The summed E-state index contributed by atoms with van der Waals surface area (Å²) >= 11 is 0. The fraction of sp³-hybridized carbons (Fsp3) is 0.118. The second-order valence-electron chi connectivity index (χ2n) is 5.35. The fourth-order valence-corrected chi connectivity index (χ4v) is 3.03. The first-order valence-electron chi connectivity index (χ1n) is 7.11. The third kappa shape index (κ3) is 1.75. The lowest BCUT2D eigenvalue weighted by atomic mass is 9.96. The molecule has 0 atom stereocenters. The SMILES string of the molecule is C=Nn1nnc2c1-c1ccccc1CN(C)c1ccccc1-2. The third-order valence-electron chi connectivity index (χ3n) is 4.04. The van der Waals surface area contributed by atoms with Crippen LogP contribution in [0.15, 0.2) is 53.6 Å². The molecule has 0 bridgehead atoms. The van der Waals surface area contributed by atoms with Crippen molar-refractivity contribution < 1.29 is 0 Å². The van der Waals surface area contributed by atoms with Crippen LogP contribution in [0.4, 0.5) is 5.69 Å². The summed E-state index contributed by atoms with van der Waals surface area (Å²) in [5.74, 6) is 0. The summed E-state index contributed by atoms with van der Waals surface area (Å²) in [4.78, 5) is 3.74. The number of hydrogen-bond donors (Lipinski definition) is 0. The highest BCUT2D eigenvalue weighted by Gasteiger charge is 2.24. The Kier molecular flexibility index (Phi) is 2.79. The van der Waals surface area contributed by atoms with Gasteiger partial charge in [0.1, 0.15) is 11.4 Å². The van der Waals surface area contributed by atoms with Crippen molar-refractivity contribution in [1.29, 1.82) is 0 Å². The molecule has 0 saturated carbocycles. The lowest BCUT2D eigenvalue weighted by Gasteiger charge is -2.26. The molecule has 4 rings (SSSR count). The summed E-state index contributed by atoms with van der Waals surface area (Å²) in [6.07, 6.45) is 0. The highest BCUT2D eigenvalue weighted by molar-refractivity contribution is 5.87. The molecule has 0 N–H and O–H groups in total. The molecule has 0 radical (unpaired) electrons. The van der Waals surface area contributed by atoms with E-state index in [2.05, 4.69) is 64.4 Å². The number of rotatable bonds is 1. The second kappa shape index (κ2) is 4.80. The number of aromatic nitrogens is 3. The minimum atomic E-state index is 0.814. The molecule has 2 aromatic carbocycles. The van der Waals surface area contributed by atoms with Gasteiger partial charge in [0.05, 0.1) is 0 Å². The molecule has 1 aliphatic rings. The van der Waals surface area contributed by atoms with Crippen LogP contribution in [-0.4, -0.2) is 28.9 Å². The molecule has 0 saturated heterocycles. The van der Waals surface area contributed by atoms with Crippen LogP contribution in [0.3, 0.4) is 0 Å². The molecule has 108 valence electrons. The van der Waals surface area contributed by atoms with Gasteiger partial charge in [-0.25, -0.2) is 0 Å². The molecular weight excluding hydrogens is 274 g/mol. The van der Waals surface area contributed by atoms with Crippen molar-refractivity contribution in [2.45, 2.75) is 6.54 Å². The van der Waals surface area contributed by atoms with Crippen molar-refractivity contribution in [2.75, 3.05) is 11.9 Å². The summed E-state index contributed by atoms with van der Waals surface area (Å²) in [5.41, 5.74) is 6.23. The Morgan fingerprint density at radius 2 is 1.77 bits per heavy atom. The summed E-state index contributed by atoms with van der Waals surface area (Å²) in [5, 5.41) is 12.5. The predicted octanol–water partition coefficient (Wildman–Crippen LogP) is 3.03. The number of nitrogens with zero attached hydrogens (tertiary/aromatic N) is 5. The Labute approximate surface area is 128 Å². The van der Waals surface area contributed by atoms with Crippen molar-refractivity contribution in [2.24, 2.45) is 5.10 Å². The van der Waals surface area contributed by atoms with Gasteiger partial charge in [-0.1, -0.05) is 42.5 Å². The maximum absolute atomic E-state index is 4.36. The van der Waals surface area contributed by atoms with Gasteiger partial charge < -0.3 is 4.90 Å². The summed E-state index contributed by atoms with van der Waals surface area (Å²) < 4.78 is 0. The maximum atomic E-state index is 4.36. The van der Waals surface area contributed by atoms with E-state index in [4.69, 9.17) is 0 Å². The molecule has 1 aliphatic heterocycles. The Balaban J connectivity index is 2.12. The lowest BCUT2D eigenvalue weighted by Crippen LogP contribution is -2.19. The van der Waals surface area contributed by atoms with Crippen molar-refractivity contribution in [3.8, 4) is 22.5 Å². The van der Waals surface area contributed by atoms with Gasteiger partial charge in [-0.15, -0.1) is 9.89 Å². The van der Waals surface area contributed by atoms with Crippen LogP contribution >= 0.6 is 0 Å². The number of hydrogen-bond acceptors (Lipinski definition) is 4. The first kappa shape index (κ1) is 12.8. The molecule has 3 aromatic rings. The van der Waals surface area contributed by atoms with Crippen LogP contribution in [0, 0.1) is 0 Å². The number of para-hydroxylation sites is 1. The van der Waals surface area contributed by atoms with Crippen LogP contribution in [0.5, 0.6) is 0 Å². The summed E-state index contributed by atoms with van der Waals surface area (Å²) in [6, 6.07) is 16.5. The van der Waals surface area contributed by atoms with E-state index in [-0.39, 0.29) is 0 Å². The standard InChI is InChI=1S/C17H15N5/c1-18-22-17-13-8-4-3-7-12(13)11-21(2)15-10-6-5-9-14(15)16(17)19-20-22/h3-10H,1,11H2,2H3. The van der Waals surface area contributed by atoms with Gasteiger partial charge >= 0.3 is 0 Å². The second-order valence-corrected chi connectivity index (χ2v) is 5.35. The van der Waals surface area contributed by atoms with Gasteiger partial charge in [-0.05, 0) is 16.8 Å². The summed E-state index contributed by atoms with van der Waals surface area (Å²) in [7, 11) is 2.09. The van der Waals surface area contributed by atoms with E-state index in [0.29, 0.717) is 0 Å². The molecule has 1 aromatic heterocycles. The quantitative estimate of drug-likeness (QED) is 0.647. The minimum Gasteiger partial charge on any atom is -0.370 e. The van der Waals surface area contributed by atoms with Gasteiger partial charge in [-0.2, -0.15) is 5.10 Å². The first-order valence-corrected chi connectivity index (χ1v) is 7.11. The maximum Gasteiger partial charge on any atom is 0.125 e. The normalized spacial score (nSPS) is 12.7. The third-order valence-corrected chi connectivity index (χ3v) is 4.04. The van der Waals surface area contributed by atoms with E-state index in [1.807, 2.05) is 18.2 Å². The zero-order valence-corrected chi connectivity index (χ0v) is 12.3. The van der Waals surface area contributed by atoms with Crippen molar-refractivity contribution >= 4 is 12.4 Å². The van der Waals surface area contributed by atoms with Crippen LogP contribution < -0.4 is 4.90 Å². The van der Waals surface area contributed by atoms with E-state index < -0.39 is 0 Å². The first-order chi connectivity index (χ1) is 10.8. The number of fused-ring (bicyclic) bond motifs is 5. The van der Waals surface area contributed by atoms with Gasteiger partial charge in [0.2, 0.25) is 0 Å². The summed E-state index contributed by atoms with van der Waals surface area (Å²) in [6.45, 7) is 4.42. The average molecular weight is 289 g/mol. The van der Waals surface area contributed by atoms with Crippen molar-refractivity contribution in [3.05, 3.63) is 54.1 Å². The van der Waals surface area contributed by atoms with Crippen molar-refractivity contribution in [1.82, 2.24) is 15.1 Å². The monoisotopic (exact) mass is 289 g/mol. The van der Waals surface area contributed by atoms with E-state index in [1.165, 1.54) is 10.4 Å². The molecule has 0 amide bonds. The highest BCUT2D eigenvalue weighted by atomic mass is 15.6. The van der Waals surface area contributed by atoms with Gasteiger partial charge in [0.15, 0.2) is 0 Å². The Morgan fingerprint density at radius 1 is 1.05 bits per heavy atom. The number of benzene rings is 2. The molecule has 0 unspecified atom stereocenters. The van der Waals surface area contributed by atoms with Gasteiger partial charge in [0.25, 0.3) is 0 Å². The van der Waals surface area contributed by atoms with E-state index in [0.717, 1.165) is 34.7 Å². The average Bonchev–Trinajstić information content (AvgIpc) is 2.97. The minimum absolute atomic E-state index is 0.814. The van der Waals surface area contributed by atoms with Crippen LogP contribution in [0.25, 0.3) is 22.5 Å². The van der Waals surface area contributed by atoms with Crippen molar-refractivity contribution in [3.63, 3.8) is 0 Å². The Hall–Kier alpha value is -2.95. The van der Waals surface area contributed by atoms with Gasteiger partial charge in [-0.3, -0.25) is 0 Å². The molecule has 5 heteroatoms.